The number of aliphatic imine (C=N–C) groups is 1. The lowest BCUT2D eigenvalue weighted by Gasteiger charge is -2.26. The number of carbonyl (C=O) groups is 1. The predicted molar refractivity (Wildman–Crippen MR) is 116 cm³/mol. The van der Waals surface area contributed by atoms with E-state index in [1.165, 1.54) is 24.3 Å². The number of hydrogen-bond acceptors (Lipinski definition) is 4. The van der Waals surface area contributed by atoms with Gasteiger partial charge in [0, 0.05) is 31.9 Å². The first-order chi connectivity index (χ1) is 12.7. The van der Waals surface area contributed by atoms with Gasteiger partial charge in [0.1, 0.15) is 12.4 Å². The number of anilines is 1. The molecule has 0 unspecified atom stereocenters. The number of hydrogen-bond donors (Lipinski definition) is 3. The van der Waals surface area contributed by atoms with E-state index in [1.54, 1.807) is 0 Å². The van der Waals surface area contributed by atoms with Crippen molar-refractivity contribution in [3.63, 3.8) is 0 Å². The van der Waals surface area contributed by atoms with Crippen LogP contribution in [0.2, 0.25) is 0 Å². The molecule has 3 N–H and O–H groups in total. The van der Waals surface area contributed by atoms with Gasteiger partial charge in [-0.05, 0) is 44.2 Å². The molecule has 0 bridgehead atoms. The molecular weight excluding hydrogens is 464 g/mol. The van der Waals surface area contributed by atoms with Gasteiger partial charge in [0.25, 0.3) is 0 Å². The minimum absolute atomic E-state index is 0. The Hall–Kier alpha value is -1.46. The van der Waals surface area contributed by atoms with Crippen LogP contribution in [0.15, 0.2) is 29.3 Å². The van der Waals surface area contributed by atoms with Crippen LogP contribution in [0, 0.1) is 5.82 Å². The highest BCUT2D eigenvalue weighted by Gasteiger charge is 2.09. The van der Waals surface area contributed by atoms with Crippen LogP contribution in [0.3, 0.4) is 0 Å². The number of guanidine groups is 1. The third kappa shape index (κ3) is 9.87. The molecule has 1 aliphatic heterocycles. The Labute approximate surface area is 177 Å². The van der Waals surface area contributed by atoms with Crippen molar-refractivity contribution in [2.24, 2.45) is 4.99 Å². The fourth-order valence-corrected chi connectivity index (χ4v) is 2.56. The Morgan fingerprint density at radius 1 is 1.22 bits per heavy atom. The zero-order valence-electron chi connectivity index (χ0n) is 15.7. The molecule has 2 rings (SSSR count). The smallest absolute Gasteiger partial charge is 0.246 e. The molecule has 1 aromatic carbocycles. The molecule has 152 valence electrons. The van der Waals surface area contributed by atoms with Crippen LogP contribution < -0.4 is 16.0 Å². The molecule has 0 aliphatic carbocycles. The molecule has 1 aromatic rings. The second kappa shape index (κ2) is 13.7. The van der Waals surface area contributed by atoms with Gasteiger partial charge in [-0.15, -0.1) is 24.0 Å². The summed E-state index contributed by atoms with van der Waals surface area (Å²) >= 11 is 0. The Balaban J connectivity index is 0.00000364. The molecule has 0 spiro atoms. The van der Waals surface area contributed by atoms with Gasteiger partial charge in [-0.2, -0.15) is 0 Å². The number of halogens is 2. The molecule has 1 aliphatic rings. The lowest BCUT2D eigenvalue weighted by atomic mass is 10.3. The van der Waals surface area contributed by atoms with Gasteiger partial charge in [-0.25, -0.2) is 9.38 Å². The van der Waals surface area contributed by atoms with Crippen molar-refractivity contribution < 1.29 is 13.9 Å². The van der Waals surface area contributed by atoms with Crippen molar-refractivity contribution in [1.82, 2.24) is 15.5 Å². The Morgan fingerprint density at radius 3 is 2.59 bits per heavy atom. The highest BCUT2D eigenvalue weighted by molar-refractivity contribution is 14.0. The summed E-state index contributed by atoms with van der Waals surface area (Å²) in [4.78, 5) is 18.6. The lowest BCUT2D eigenvalue weighted by molar-refractivity contribution is -0.114. The summed E-state index contributed by atoms with van der Waals surface area (Å²) in [6.45, 7) is 8.06. The molecule has 27 heavy (non-hydrogen) atoms. The Kier molecular flexibility index (Phi) is 11.9. The zero-order chi connectivity index (χ0) is 18.6. The molecule has 7 nitrogen and oxygen atoms in total. The van der Waals surface area contributed by atoms with E-state index in [0.717, 1.165) is 52.4 Å². The van der Waals surface area contributed by atoms with Crippen molar-refractivity contribution in [2.45, 2.75) is 13.3 Å². The minimum atomic E-state index is -0.336. The van der Waals surface area contributed by atoms with E-state index in [0.29, 0.717) is 11.6 Å². The average molecular weight is 493 g/mol. The largest absolute Gasteiger partial charge is 0.379 e. The summed E-state index contributed by atoms with van der Waals surface area (Å²) < 4.78 is 18.2. The van der Waals surface area contributed by atoms with Crippen LogP contribution in [-0.4, -0.2) is 69.2 Å². The van der Waals surface area contributed by atoms with Crippen LogP contribution in [-0.2, 0) is 9.53 Å². The lowest BCUT2D eigenvalue weighted by Crippen LogP contribution is -2.41. The summed E-state index contributed by atoms with van der Waals surface area (Å²) in [5, 5.41) is 9.05. The predicted octanol–water partition coefficient (Wildman–Crippen LogP) is 1.66. The number of nitrogens with zero attached hydrogens (tertiary/aromatic N) is 2. The number of morpholine rings is 1. The maximum Gasteiger partial charge on any atom is 0.246 e. The van der Waals surface area contributed by atoms with Crippen LogP contribution in [0.5, 0.6) is 0 Å². The molecule has 1 saturated heterocycles. The van der Waals surface area contributed by atoms with Crippen molar-refractivity contribution in [1.29, 1.82) is 0 Å². The number of nitrogens with one attached hydrogen (secondary N) is 3. The Morgan fingerprint density at radius 2 is 1.93 bits per heavy atom. The quantitative estimate of drug-likeness (QED) is 0.222. The van der Waals surface area contributed by atoms with E-state index in [1.807, 2.05) is 6.92 Å². The molecule has 1 amide bonds. The fourth-order valence-electron chi connectivity index (χ4n) is 2.56. The molecule has 0 radical (unpaired) electrons. The molecule has 0 atom stereocenters. The summed E-state index contributed by atoms with van der Waals surface area (Å²) in [6, 6.07) is 5.65. The van der Waals surface area contributed by atoms with Crippen LogP contribution in [0.25, 0.3) is 0 Å². The summed E-state index contributed by atoms with van der Waals surface area (Å²) in [7, 11) is 0. The first kappa shape index (κ1) is 23.6. The highest BCUT2D eigenvalue weighted by Crippen LogP contribution is 2.07. The SMILES string of the molecule is CCNC(=NCC(=O)Nc1ccc(F)cc1)NCCCN1CCOCC1.I. The standard InChI is InChI=1S/C18H28FN5O2.HI/c1-2-20-18(21-8-3-9-24-10-12-26-13-11-24)22-14-17(25)23-16-6-4-15(19)5-7-16;/h4-7H,2-3,8-14H2,1H3,(H,23,25)(H2,20,21,22);1H. The Bertz CT molecular complexity index is 580. The first-order valence-corrected chi connectivity index (χ1v) is 9.05. The van der Waals surface area contributed by atoms with Gasteiger partial charge < -0.3 is 20.7 Å². The van der Waals surface area contributed by atoms with Gasteiger partial charge >= 0.3 is 0 Å². The van der Waals surface area contributed by atoms with E-state index in [-0.39, 0.29) is 42.2 Å². The number of ether oxygens (including phenoxy) is 1. The molecular formula is C18H29FIN5O2. The topological polar surface area (TPSA) is 78.0 Å². The summed E-state index contributed by atoms with van der Waals surface area (Å²) in [5.74, 6) is 0.0302. The first-order valence-electron chi connectivity index (χ1n) is 9.05. The minimum Gasteiger partial charge on any atom is -0.379 e. The molecule has 1 fully saturated rings. The van der Waals surface area contributed by atoms with Crippen LogP contribution in [0.4, 0.5) is 10.1 Å². The van der Waals surface area contributed by atoms with Crippen molar-refractivity contribution in [3.05, 3.63) is 30.1 Å². The molecule has 0 saturated carbocycles. The maximum absolute atomic E-state index is 12.9. The number of benzene rings is 1. The average Bonchev–Trinajstić information content (AvgIpc) is 2.66. The van der Waals surface area contributed by atoms with Gasteiger partial charge in [-0.3, -0.25) is 9.69 Å². The van der Waals surface area contributed by atoms with E-state index in [4.69, 9.17) is 4.74 Å². The number of carbonyl (C=O) groups excluding carboxylic acids is 1. The van der Waals surface area contributed by atoms with Crippen LogP contribution >= 0.6 is 24.0 Å². The van der Waals surface area contributed by atoms with E-state index < -0.39 is 0 Å². The second-order valence-corrected chi connectivity index (χ2v) is 5.98. The molecule has 0 aromatic heterocycles. The van der Waals surface area contributed by atoms with Crippen molar-refractivity contribution >= 4 is 41.5 Å². The van der Waals surface area contributed by atoms with Gasteiger partial charge in [0.05, 0.1) is 13.2 Å². The highest BCUT2D eigenvalue weighted by atomic mass is 127. The number of rotatable bonds is 8. The zero-order valence-corrected chi connectivity index (χ0v) is 18.0. The molecule has 9 heteroatoms. The summed E-state index contributed by atoms with van der Waals surface area (Å²) in [6.07, 6.45) is 0.992. The second-order valence-electron chi connectivity index (χ2n) is 5.98. The van der Waals surface area contributed by atoms with Gasteiger partial charge in [0.2, 0.25) is 5.91 Å². The van der Waals surface area contributed by atoms with Gasteiger partial charge in [0.15, 0.2) is 5.96 Å². The number of amides is 1. The van der Waals surface area contributed by atoms with E-state index >= 15 is 0 Å². The maximum atomic E-state index is 12.9. The summed E-state index contributed by atoms with van der Waals surface area (Å²) in [5.41, 5.74) is 0.551. The third-order valence-corrected chi connectivity index (χ3v) is 3.90. The van der Waals surface area contributed by atoms with Crippen LogP contribution in [0.1, 0.15) is 13.3 Å². The van der Waals surface area contributed by atoms with Crippen molar-refractivity contribution in [2.75, 3.05) is 57.8 Å². The normalized spacial score (nSPS) is 15.0. The van der Waals surface area contributed by atoms with E-state index in [9.17, 15) is 9.18 Å². The molecule has 1 heterocycles. The van der Waals surface area contributed by atoms with Crippen molar-refractivity contribution in [3.8, 4) is 0 Å². The fraction of sp³-hybridized carbons (Fsp3) is 0.556. The third-order valence-electron chi connectivity index (χ3n) is 3.90. The van der Waals surface area contributed by atoms with Gasteiger partial charge in [-0.1, -0.05) is 0 Å². The monoisotopic (exact) mass is 493 g/mol. The van der Waals surface area contributed by atoms with E-state index in [2.05, 4.69) is 25.8 Å².